The number of halogens is 1. The van der Waals surface area contributed by atoms with E-state index in [4.69, 9.17) is 5.73 Å². The molecule has 2 aliphatic rings. The SMILES string of the molecule is CS(=O)(=O)C1=CC(Br)C(N)(CC2CC2)C=C1. The molecule has 0 spiro atoms. The van der Waals surface area contributed by atoms with Crippen molar-refractivity contribution in [2.75, 3.05) is 6.26 Å². The van der Waals surface area contributed by atoms with E-state index in [0.29, 0.717) is 10.8 Å². The van der Waals surface area contributed by atoms with Gasteiger partial charge in [-0.1, -0.05) is 40.9 Å². The Labute approximate surface area is 105 Å². The molecular formula is C11H16BrNO2S. The predicted octanol–water partition coefficient (Wildman–Crippen LogP) is 1.75. The van der Waals surface area contributed by atoms with Crippen molar-refractivity contribution >= 4 is 25.8 Å². The van der Waals surface area contributed by atoms with Crippen LogP contribution in [0.25, 0.3) is 0 Å². The number of sulfone groups is 1. The van der Waals surface area contributed by atoms with E-state index in [1.165, 1.54) is 19.1 Å². The first-order chi connectivity index (χ1) is 7.31. The second-order valence-electron chi connectivity index (χ2n) is 4.84. The molecule has 0 saturated heterocycles. The van der Waals surface area contributed by atoms with Crippen LogP contribution in [0.15, 0.2) is 23.1 Å². The molecule has 1 fully saturated rings. The first-order valence-electron chi connectivity index (χ1n) is 5.35. The van der Waals surface area contributed by atoms with Gasteiger partial charge in [0.05, 0.1) is 15.3 Å². The van der Waals surface area contributed by atoms with E-state index in [0.717, 1.165) is 6.42 Å². The van der Waals surface area contributed by atoms with Crippen LogP contribution in [0.3, 0.4) is 0 Å². The summed E-state index contributed by atoms with van der Waals surface area (Å²) in [6, 6.07) is 0. The van der Waals surface area contributed by atoms with Crippen LogP contribution in [0.1, 0.15) is 19.3 Å². The maximum atomic E-state index is 11.4. The number of allylic oxidation sites excluding steroid dienone is 1. The highest BCUT2D eigenvalue weighted by Gasteiger charge is 2.38. The lowest BCUT2D eigenvalue weighted by molar-refractivity contribution is 0.470. The molecule has 0 amide bonds. The van der Waals surface area contributed by atoms with Crippen LogP contribution in [-0.2, 0) is 9.84 Å². The third-order valence-corrected chi connectivity index (χ3v) is 5.39. The van der Waals surface area contributed by atoms with E-state index in [2.05, 4.69) is 15.9 Å². The smallest absolute Gasteiger partial charge is 0.175 e. The molecule has 16 heavy (non-hydrogen) atoms. The summed E-state index contributed by atoms with van der Waals surface area (Å²) in [7, 11) is -3.13. The van der Waals surface area contributed by atoms with Gasteiger partial charge in [0.1, 0.15) is 0 Å². The molecule has 2 N–H and O–H groups in total. The summed E-state index contributed by atoms with van der Waals surface area (Å²) in [5.41, 5.74) is 5.84. The van der Waals surface area contributed by atoms with E-state index in [-0.39, 0.29) is 4.83 Å². The number of nitrogens with two attached hydrogens (primary N) is 1. The van der Waals surface area contributed by atoms with E-state index in [1.54, 1.807) is 12.2 Å². The molecule has 2 rings (SSSR count). The Morgan fingerprint density at radius 1 is 1.56 bits per heavy atom. The lowest BCUT2D eigenvalue weighted by Gasteiger charge is -2.32. The molecule has 0 aliphatic heterocycles. The Kier molecular flexibility index (Phi) is 3.05. The zero-order valence-corrected chi connectivity index (χ0v) is 11.6. The van der Waals surface area contributed by atoms with Gasteiger partial charge < -0.3 is 5.73 Å². The summed E-state index contributed by atoms with van der Waals surface area (Å²) in [4.78, 5) is 0.251. The lowest BCUT2D eigenvalue weighted by atomic mass is 9.87. The van der Waals surface area contributed by atoms with Crippen molar-refractivity contribution in [2.45, 2.75) is 29.6 Å². The Morgan fingerprint density at radius 3 is 2.62 bits per heavy atom. The van der Waals surface area contributed by atoms with E-state index < -0.39 is 15.4 Å². The Balaban J connectivity index is 2.19. The van der Waals surface area contributed by atoms with E-state index >= 15 is 0 Å². The molecule has 0 aromatic carbocycles. The minimum absolute atomic E-state index is 0.102. The fraction of sp³-hybridized carbons (Fsp3) is 0.636. The van der Waals surface area contributed by atoms with Crippen molar-refractivity contribution < 1.29 is 8.42 Å². The Morgan fingerprint density at radius 2 is 2.19 bits per heavy atom. The third-order valence-electron chi connectivity index (χ3n) is 3.15. The highest BCUT2D eigenvalue weighted by Crippen LogP contribution is 2.40. The van der Waals surface area contributed by atoms with Crippen molar-refractivity contribution in [1.29, 1.82) is 0 Å². The van der Waals surface area contributed by atoms with Crippen molar-refractivity contribution in [3.63, 3.8) is 0 Å². The fourth-order valence-corrected chi connectivity index (χ4v) is 3.43. The molecule has 0 radical (unpaired) electrons. The largest absolute Gasteiger partial charge is 0.321 e. The maximum absolute atomic E-state index is 11.4. The van der Waals surface area contributed by atoms with Gasteiger partial charge in [-0.3, -0.25) is 0 Å². The summed E-state index contributed by atoms with van der Waals surface area (Å²) >= 11 is 3.48. The van der Waals surface area contributed by atoms with Crippen LogP contribution in [0.5, 0.6) is 0 Å². The minimum atomic E-state index is -3.13. The Hall–Kier alpha value is -0.130. The highest BCUT2D eigenvalue weighted by molar-refractivity contribution is 9.09. The zero-order chi connectivity index (χ0) is 12.0. The average Bonchev–Trinajstić information content (AvgIpc) is 2.92. The van der Waals surface area contributed by atoms with Gasteiger partial charge in [0.2, 0.25) is 0 Å². The topological polar surface area (TPSA) is 60.2 Å². The van der Waals surface area contributed by atoms with Crippen molar-refractivity contribution in [3.05, 3.63) is 23.1 Å². The average molecular weight is 306 g/mol. The van der Waals surface area contributed by atoms with Gasteiger partial charge in [0.25, 0.3) is 0 Å². The third kappa shape index (κ3) is 2.57. The van der Waals surface area contributed by atoms with Crippen molar-refractivity contribution in [3.8, 4) is 0 Å². The number of rotatable bonds is 3. The van der Waals surface area contributed by atoms with Crippen LogP contribution >= 0.6 is 15.9 Å². The van der Waals surface area contributed by atoms with E-state index in [9.17, 15) is 8.42 Å². The van der Waals surface area contributed by atoms with Gasteiger partial charge >= 0.3 is 0 Å². The minimum Gasteiger partial charge on any atom is -0.321 e. The lowest BCUT2D eigenvalue weighted by Crippen LogP contribution is -2.47. The molecule has 2 atom stereocenters. The van der Waals surface area contributed by atoms with Gasteiger partial charge in [-0.05, 0) is 18.4 Å². The van der Waals surface area contributed by atoms with Crippen LogP contribution < -0.4 is 5.73 Å². The molecule has 0 aromatic rings. The van der Waals surface area contributed by atoms with E-state index in [1.807, 2.05) is 6.08 Å². The molecular weight excluding hydrogens is 290 g/mol. The second kappa shape index (κ2) is 3.96. The molecule has 5 heteroatoms. The summed E-state index contributed by atoms with van der Waals surface area (Å²) < 4.78 is 22.8. The quantitative estimate of drug-likeness (QED) is 0.808. The molecule has 0 heterocycles. The maximum Gasteiger partial charge on any atom is 0.175 e. The number of hydrogen-bond acceptors (Lipinski definition) is 3. The molecule has 90 valence electrons. The second-order valence-corrected chi connectivity index (χ2v) is 7.84. The molecule has 1 saturated carbocycles. The first kappa shape index (κ1) is 12.3. The van der Waals surface area contributed by atoms with Gasteiger partial charge in [0.15, 0.2) is 9.84 Å². The van der Waals surface area contributed by atoms with Gasteiger partial charge in [-0.2, -0.15) is 0 Å². The molecule has 2 aliphatic carbocycles. The molecule has 0 aromatic heterocycles. The standard InChI is InChI=1S/C11H16BrNO2S/c1-16(14,15)9-4-5-11(13,10(12)6-9)7-8-2-3-8/h4-6,8,10H,2-3,7,13H2,1H3. The normalized spacial score (nSPS) is 34.9. The van der Waals surface area contributed by atoms with Gasteiger partial charge in [-0.25, -0.2) is 8.42 Å². The van der Waals surface area contributed by atoms with Crippen molar-refractivity contribution in [1.82, 2.24) is 0 Å². The predicted molar refractivity (Wildman–Crippen MR) is 69.0 cm³/mol. The summed E-state index contributed by atoms with van der Waals surface area (Å²) in [6.45, 7) is 0. The van der Waals surface area contributed by atoms with Gasteiger partial charge in [0, 0.05) is 6.26 Å². The molecule has 2 unspecified atom stereocenters. The summed E-state index contributed by atoms with van der Waals surface area (Å²) in [5, 5.41) is 0. The van der Waals surface area contributed by atoms with Crippen LogP contribution in [-0.4, -0.2) is 25.0 Å². The van der Waals surface area contributed by atoms with Crippen LogP contribution in [0, 0.1) is 5.92 Å². The number of alkyl halides is 1. The van der Waals surface area contributed by atoms with Crippen LogP contribution in [0.2, 0.25) is 0 Å². The monoisotopic (exact) mass is 305 g/mol. The van der Waals surface area contributed by atoms with Gasteiger partial charge in [-0.15, -0.1) is 0 Å². The molecule has 3 nitrogen and oxygen atoms in total. The Bertz CT molecular complexity index is 451. The highest BCUT2D eigenvalue weighted by atomic mass is 79.9. The zero-order valence-electron chi connectivity index (χ0n) is 9.19. The van der Waals surface area contributed by atoms with Crippen molar-refractivity contribution in [2.24, 2.45) is 11.7 Å². The number of hydrogen-bond donors (Lipinski definition) is 1. The fourth-order valence-electron chi connectivity index (χ4n) is 1.93. The summed E-state index contributed by atoms with van der Waals surface area (Å²) in [5.74, 6) is 0.711. The summed E-state index contributed by atoms with van der Waals surface area (Å²) in [6.07, 6.45) is 9.80. The first-order valence-corrected chi connectivity index (χ1v) is 8.16. The van der Waals surface area contributed by atoms with Crippen LogP contribution in [0.4, 0.5) is 0 Å². The molecule has 0 bridgehead atoms.